The van der Waals surface area contributed by atoms with Gasteiger partial charge in [-0.3, -0.25) is 9.59 Å². The topological polar surface area (TPSA) is 90.2 Å². The van der Waals surface area contributed by atoms with Crippen LogP contribution in [-0.2, 0) is 31.7 Å². The minimum Gasteiger partial charge on any atom is -0.497 e. The molecule has 0 saturated carbocycles. The van der Waals surface area contributed by atoms with E-state index in [0.29, 0.717) is 54.3 Å². The summed E-state index contributed by atoms with van der Waals surface area (Å²) in [5.74, 6) is -0.839. The number of amides is 1. The first-order chi connectivity index (χ1) is 16.7. The first-order valence-corrected chi connectivity index (χ1v) is 10.8. The summed E-state index contributed by atoms with van der Waals surface area (Å²) in [4.78, 5) is 26.6. The first-order valence-electron chi connectivity index (χ1n) is 10.8. The first kappa shape index (κ1) is 24.4. The summed E-state index contributed by atoms with van der Waals surface area (Å²) in [6, 6.07) is 8.30. The number of anilines is 2. The fraction of sp³-hybridized carbons (Fsp3) is 0.333. The lowest BCUT2D eigenvalue weighted by molar-refractivity contribution is -0.146. The molecule has 186 valence electrons. The van der Waals surface area contributed by atoms with Gasteiger partial charge in [-0.2, -0.15) is 13.2 Å². The van der Waals surface area contributed by atoms with E-state index in [0.717, 1.165) is 12.1 Å². The Labute approximate surface area is 198 Å². The van der Waals surface area contributed by atoms with Crippen molar-refractivity contribution in [1.82, 2.24) is 0 Å². The molecule has 1 amide bonds. The molecule has 4 rings (SSSR count). The summed E-state index contributed by atoms with van der Waals surface area (Å²) in [6.45, 7) is 1.12. The van der Waals surface area contributed by atoms with Crippen LogP contribution in [0.25, 0.3) is 11.0 Å². The molecule has 2 aromatic carbocycles. The molecular weight excluding hydrogens is 469 g/mol. The second kappa shape index (κ2) is 10.3. The molecule has 2 heterocycles. The van der Waals surface area contributed by atoms with Crippen molar-refractivity contribution in [2.24, 2.45) is 0 Å². The van der Waals surface area contributed by atoms with Crippen molar-refractivity contribution in [1.29, 1.82) is 0 Å². The molecular formula is C24H23F3N2O6. The highest BCUT2D eigenvalue weighted by Crippen LogP contribution is 2.36. The molecule has 0 atom stereocenters. The smallest absolute Gasteiger partial charge is 0.416 e. The van der Waals surface area contributed by atoms with Crippen LogP contribution in [0.4, 0.5) is 24.5 Å². The van der Waals surface area contributed by atoms with Crippen molar-refractivity contribution in [3.8, 4) is 5.75 Å². The third kappa shape index (κ3) is 5.86. The number of carbonyl (C=O) groups is 2. The van der Waals surface area contributed by atoms with Gasteiger partial charge in [-0.15, -0.1) is 0 Å². The zero-order valence-electron chi connectivity index (χ0n) is 18.8. The predicted molar refractivity (Wildman–Crippen MR) is 121 cm³/mol. The number of hydrogen-bond donors (Lipinski definition) is 1. The highest BCUT2D eigenvalue weighted by atomic mass is 19.4. The number of methoxy groups -OCH3 is 1. The number of fused-ring (bicyclic) bond motifs is 1. The molecule has 0 spiro atoms. The Balaban J connectivity index is 1.41. The van der Waals surface area contributed by atoms with Crippen molar-refractivity contribution < 1.29 is 41.4 Å². The lowest BCUT2D eigenvalue weighted by Gasteiger charge is -2.31. The van der Waals surface area contributed by atoms with Crippen LogP contribution in [-0.4, -0.2) is 51.9 Å². The van der Waals surface area contributed by atoms with Crippen LogP contribution in [0.5, 0.6) is 5.75 Å². The number of benzene rings is 2. The van der Waals surface area contributed by atoms with E-state index in [2.05, 4.69) is 5.32 Å². The molecule has 1 aliphatic heterocycles. The van der Waals surface area contributed by atoms with Crippen molar-refractivity contribution >= 4 is 34.2 Å². The van der Waals surface area contributed by atoms with Crippen LogP contribution in [0.3, 0.4) is 0 Å². The third-order valence-corrected chi connectivity index (χ3v) is 5.51. The molecule has 35 heavy (non-hydrogen) atoms. The standard InChI is InChI=1S/C24H23F3N2O6/c1-32-17-3-4-18-15(13-34-21(18)12-17)10-23(31)35-14-22(30)28-19-11-16(24(25,26)27)2-5-20(19)29-6-8-33-9-7-29/h2-5,11-13H,6-10,14H2,1H3,(H,28,30). The normalized spacial score (nSPS) is 14.1. The van der Waals surface area contributed by atoms with Gasteiger partial charge in [-0.25, -0.2) is 0 Å². The zero-order chi connectivity index (χ0) is 25.0. The van der Waals surface area contributed by atoms with Crippen LogP contribution in [0, 0.1) is 0 Å². The predicted octanol–water partition coefficient (Wildman–Crippen LogP) is 4.02. The molecule has 0 radical (unpaired) electrons. The minimum atomic E-state index is -4.58. The average molecular weight is 492 g/mol. The lowest BCUT2D eigenvalue weighted by atomic mass is 10.1. The van der Waals surface area contributed by atoms with Crippen LogP contribution >= 0.6 is 0 Å². The molecule has 0 aliphatic carbocycles. The second-order valence-electron chi connectivity index (χ2n) is 7.84. The molecule has 0 unspecified atom stereocenters. The maximum absolute atomic E-state index is 13.2. The number of alkyl halides is 3. The lowest BCUT2D eigenvalue weighted by Crippen LogP contribution is -2.37. The van der Waals surface area contributed by atoms with Crippen LogP contribution in [0.1, 0.15) is 11.1 Å². The van der Waals surface area contributed by atoms with E-state index in [1.807, 2.05) is 4.90 Å². The summed E-state index contributed by atoms with van der Waals surface area (Å²) in [6.07, 6.45) is -3.30. The number of carbonyl (C=O) groups excluding carboxylic acids is 2. The van der Waals surface area contributed by atoms with E-state index >= 15 is 0 Å². The molecule has 3 aromatic rings. The van der Waals surface area contributed by atoms with Gasteiger partial charge in [0.15, 0.2) is 6.61 Å². The van der Waals surface area contributed by atoms with Crippen molar-refractivity contribution in [3.05, 3.63) is 53.8 Å². The monoisotopic (exact) mass is 492 g/mol. The van der Waals surface area contributed by atoms with Gasteiger partial charge in [0, 0.05) is 30.1 Å². The SMILES string of the molecule is COc1ccc2c(CC(=O)OCC(=O)Nc3cc(C(F)(F)F)ccc3N3CCOCC3)coc2c1. The molecule has 0 bridgehead atoms. The quantitative estimate of drug-likeness (QED) is 0.499. The van der Waals surface area contributed by atoms with Gasteiger partial charge in [-0.1, -0.05) is 0 Å². The van der Waals surface area contributed by atoms with Crippen molar-refractivity contribution in [3.63, 3.8) is 0 Å². The van der Waals surface area contributed by atoms with E-state index in [1.54, 1.807) is 18.2 Å². The van der Waals surface area contributed by atoms with Gasteiger partial charge < -0.3 is 28.8 Å². The van der Waals surface area contributed by atoms with Crippen LogP contribution in [0.2, 0.25) is 0 Å². The van der Waals surface area contributed by atoms with Gasteiger partial charge in [0.2, 0.25) is 0 Å². The summed E-state index contributed by atoms with van der Waals surface area (Å²) in [7, 11) is 1.52. The average Bonchev–Trinajstić information content (AvgIpc) is 3.24. The molecule has 1 saturated heterocycles. The third-order valence-electron chi connectivity index (χ3n) is 5.51. The number of furan rings is 1. The minimum absolute atomic E-state index is 0.0162. The summed E-state index contributed by atoms with van der Waals surface area (Å²) in [5, 5.41) is 3.15. The number of ether oxygens (including phenoxy) is 3. The Hall–Kier alpha value is -3.73. The van der Waals surface area contributed by atoms with E-state index in [1.165, 1.54) is 19.4 Å². The Morgan fingerprint density at radius 1 is 1.11 bits per heavy atom. The molecule has 1 aliphatic rings. The number of esters is 1. The number of rotatable bonds is 7. The van der Waals surface area contributed by atoms with Crippen LogP contribution in [0.15, 0.2) is 47.1 Å². The molecule has 11 heteroatoms. The molecule has 1 N–H and O–H groups in total. The molecule has 8 nitrogen and oxygen atoms in total. The van der Waals surface area contributed by atoms with E-state index in [-0.39, 0.29) is 12.1 Å². The molecule has 1 aromatic heterocycles. The summed E-state index contributed by atoms with van der Waals surface area (Å²) < 4.78 is 60.6. The maximum Gasteiger partial charge on any atom is 0.416 e. The summed E-state index contributed by atoms with van der Waals surface area (Å²) in [5.41, 5.74) is 0.620. The Morgan fingerprint density at radius 2 is 1.89 bits per heavy atom. The van der Waals surface area contributed by atoms with Gasteiger partial charge in [0.05, 0.1) is 49.9 Å². The Morgan fingerprint density at radius 3 is 2.60 bits per heavy atom. The van der Waals surface area contributed by atoms with Crippen LogP contribution < -0.4 is 15.0 Å². The fourth-order valence-electron chi connectivity index (χ4n) is 3.76. The van der Waals surface area contributed by atoms with Gasteiger partial charge >= 0.3 is 12.1 Å². The van der Waals surface area contributed by atoms with Crippen molar-refractivity contribution in [2.75, 3.05) is 50.2 Å². The number of halogens is 3. The van der Waals surface area contributed by atoms with Gasteiger partial charge in [-0.05, 0) is 30.3 Å². The number of nitrogens with one attached hydrogen (secondary N) is 1. The highest BCUT2D eigenvalue weighted by Gasteiger charge is 2.32. The van der Waals surface area contributed by atoms with Crippen molar-refractivity contribution in [2.45, 2.75) is 12.6 Å². The van der Waals surface area contributed by atoms with Gasteiger partial charge in [0.1, 0.15) is 11.3 Å². The van der Waals surface area contributed by atoms with E-state index in [9.17, 15) is 22.8 Å². The zero-order valence-corrected chi connectivity index (χ0v) is 18.8. The van der Waals surface area contributed by atoms with Gasteiger partial charge in [0.25, 0.3) is 5.91 Å². The summed E-state index contributed by atoms with van der Waals surface area (Å²) >= 11 is 0. The van der Waals surface area contributed by atoms with E-state index < -0.39 is 30.2 Å². The number of hydrogen-bond acceptors (Lipinski definition) is 7. The second-order valence-corrected chi connectivity index (χ2v) is 7.84. The fourth-order valence-corrected chi connectivity index (χ4v) is 3.76. The largest absolute Gasteiger partial charge is 0.497 e. The Kier molecular flexibility index (Phi) is 7.15. The molecule has 1 fully saturated rings. The number of nitrogens with zero attached hydrogens (tertiary/aromatic N) is 1. The Bertz CT molecular complexity index is 1220. The van der Waals surface area contributed by atoms with E-state index in [4.69, 9.17) is 18.6 Å². The highest BCUT2D eigenvalue weighted by molar-refractivity contribution is 5.96. The number of morpholine rings is 1. The maximum atomic E-state index is 13.2.